The minimum atomic E-state index is -0.127. The van der Waals surface area contributed by atoms with E-state index in [1.54, 1.807) is 12.1 Å². The molecule has 4 rings (SSSR count). The van der Waals surface area contributed by atoms with Gasteiger partial charge in [0.05, 0.1) is 6.04 Å². The lowest BCUT2D eigenvalue weighted by Gasteiger charge is -2.24. The molecule has 1 heterocycles. The third-order valence-corrected chi connectivity index (χ3v) is 4.83. The van der Waals surface area contributed by atoms with Gasteiger partial charge < -0.3 is 14.6 Å². The molecule has 0 unspecified atom stereocenters. The molecule has 3 aromatic carbocycles. The molecule has 140 valence electrons. The molecule has 1 atom stereocenters. The number of anilines is 2. The number of benzene rings is 3. The molecule has 0 saturated carbocycles. The number of carbonyl (C=O) groups excluding carboxylic acids is 1. The number of oxazole rings is 1. The Morgan fingerprint density at radius 1 is 1.00 bits per heavy atom. The van der Waals surface area contributed by atoms with Gasteiger partial charge in [-0.15, -0.1) is 0 Å². The van der Waals surface area contributed by atoms with E-state index in [0.29, 0.717) is 11.6 Å². The molecule has 28 heavy (non-hydrogen) atoms. The molecule has 0 radical (unpaired) electrons. The second kappa shape index (κ2) is 7.56. The maximum Gasteiger partial charge on any atom is 0.298 e. The number of rotatable bonds is 5. The highest BCUT2D eigenvalue weighted by Crippen LogP contribution is 2.29. The van der Waals surface area contributed by atoms with E-state index < -0.39 is 0 Å². The summed E-state index contributed by atoms with van der Waals surface area (Å²) in [6.45, 7) is 2.08. The van der Waals surface area contributed by atoms with E-state index >= 15 is 0 Å². The Balaban J connectivity index is 1.53. The Hall–Kier alpha value is -3.60. The second-order valence-electron chi connectivity index (χ2n) is 6.70. The van der Waals surface area contributed by atoms with Crippen molar-refractivity contribution >= 4 is 28.7 Å². The van der Waals surface area contributed by atoms with Crippen LogP contribution in [0.4, 0.5) is 11.7 Å². The number of nitrogens with one attached hydrogen (secondary N) is 1. The van der Waals surface area contributed by atoms with Crippen molar-refractivity contribution in [2.75, 3.05) is 17.3 Å². The third-order valence-electron chi connectivity index (χ3n) is 4.83. The van der Waals surface area contributed by atoms with Gasteiger partial charge in [-0.1, -0.05) is 42.5 Å². The van der Waals surface area contributed by atoms with Gasteiger partial charge in [-0.2, -0.15) is 4.98 Å². The molecule has 0 bridgehead atoms. The van der Waals surface area contributed by atoms with Crippen LogP contribution in [0.5, 0.6) is 0 Å². The predicted molar refractivity (Wildman–Crippen MR) is 112 cm³/mol. The van der Waals surface area contributed by atoms with Crippen LogP contribution in [0.3, 0.4) is 0 Å². The summed E-state index contributed by atoms with van der Waals surface area (Å²) < 4.78 is 5.87. The van der Waals surface area contributed by atoms with Crippen LogP contribution in [0.15, 0.2) is 83.3 Å². The molecule has 5 nitrogen and oxygen atoms in total. The van der Waals surface area contributed by atoms with E-state index in [0.717, 1.165) is 22.4 Å². The summed E-state index contributed by atoms with van der Waals surface area (Å²) in [5, 5.41) is 2.96. The van der Waals surface area contributed by atoms with Gasteiger partial charge in [-0.25, -0.2) is 0 Å². The van der Waals surface area contributed by atoms with E-state index in [4.69, 9.17) is 4.42 Å². The number of para-hydroxylation sites is 2. The van der Waals surface area contributed by atoms with Crippen molar-refractivity contribution in [1.82, 2.24) is 4.98 Å². The summed E-state index contributed by atoms with van der Waals surface area (Å²) in [6, 6.07) is 25.3. The van der Waals surface area contributed by atoms with Gasteiger partial charge in [0.2, 0.25) is 0 Å². The molecule has 0 aliphatic rings. The van der Waals surface area contributed by atoms with Crippen LogP contribution in [0, 0.1) is 0 Å². The summed E-state index contributed by atoms with van der Waals surface area (Å²) in [6.07, 6.45) is 0. The number of aromatic nitrogens is 1. The lowest BCUT2D eigenvalue weighted by molar-refractivity contribution is 0.102. The van der Waals surface area contributed by atoms with Gasteiger partial charge >= 0.3 is 0 Å². The molecular weight excluding hydrogens is 350 g/mol. The summed E-state index contributed by atoms with van der Waals surface area (Å²) in [5.74, 6) is -0.127. The Kier molecular flexibility index (Phi) is 4.81. The SMILES string of the molecule is C[C@H](c1cccc(NC(=O)c2ccccc2)c1)N(C)c1nc2ccccc2o1. The first-order valence-corrected chi connectivity index (χ1v) is 9.16. The van der Waals surface area contributed by atoms with E-state index in [-0.39, 0.29) is 11.9 Å². The topological polar surface area (TPSA) is 58.4 Å². The first kappa shape index (κ1) is 17.8. The summed E-state index contributed by atoms with van der Waals surface area (Å²) in [5.41, 5.74) is 4.03. The highest BCUT2D eigenvalue weighted by atomic mass is 16.4. The summed E-state index contributed by atoms with van der Waals surface area (Å²) in [7, 11) is 1.95. The van der Waals surface area contributed by atoms with Crippen LogP contribution in [-0.2, 0) is 0 Å². The van der Waals surface area contributed by atoms with Crippen LogP contribution in [0.25, 0.3) is 11.1 Å². The molecule has 0 aliphatic carbocycles. The van der Waals surface area contributed by atoms with Crippen molar-refractivity contribution in [3.63, 3.8) is 0 Å². The zero-order valence-electron chi connectivity index (χ0n) is 15.8. The smallest absolute Gasteiger partial charge is 0.298 e. The van der Waals surface area contributed by atoms with Crippen LogP contribution in [0.1, 0.15) is 28.9 Å². The Morgan fingerprint density at radius 3 is 2.54 bits per heavy atom. The first-order valence-electron chi connectivity index (χ1n) is 9.16. The summed E-state index contributed by atoms with van der Waals surface area (Å²) >= 11 is 0. The summed E-state index contributed by atoms with van der Waals surface area (Å²) in [4.78, 5) is 18.9. The number of carbonyl (C=O) groups is 1. The molecular formula is C23H21N3O2. The fraction of sp³-hybridized carbons (Fsp3) is 0.130. The zero-order valence-corrected chi connectivity index (χ0v) is 15.8. The van der Waals surface area contributed by atoms with E-state index in [9.17, 15) is 4.79 Å². The largest absolute Gasteiger partial charge is 0.423 e. The lowest BCUT2D eigenvalue weighted by Crippen LogP contribution is -2.22. The van der Waals surface area contributed by atoms with Crippen LogP contribution >= 0.6 is 0 Å². The predicted octanol–water partition coefficient (Wildman–Crippen LogP) is 5.28. The van der Waals surface area contributed by atoms with E-state index in [2.05, 4.69) is 17.2 Å². The standard InChI is InChI=1S/C23H21N3O2/c1-16(26(2)23-25-20-13-6-7-14-21(20)28-23)18-11-8-12-19(15-18)24-22(27)17-9-4-3-5-10-17/h3-16H,1-2H3,(H,24,27)/t16-/m1/s1. The number of hydrogen-bond acceptors (Lipinski definition) is 4. The normalized spacial score (nSPS) is 11.9. The fourth-order valence-electron chi connectivity index (χ4n) is 3.07. The molecule has 1 amide bonds. The van der Waals surface area contributed by atoms with Crippen LogP contribution < -0.4 is 10.2 Å². The van der Waals surface area contributed by atoms with Gasteiger partial charge in [0.15, 0.2) is 5.58 Å². The fourth-order valence-corrected chi connectivity index (χ4v) is 3.07. The Morgan fingerprint density at radius 2 is 1.75 bits per heavy atom. The highest BCUT2D eigenvalue weighted by Gasteiger charge is 2.18. The van der Waals surface area contributed by atoms with Crippen molar-refractivity contribution in [3.8, 4) is 0 Å². The lowest BCUT2D eigenvalue weighted by atomic mass is 10.1. The second-order valence-corrected chi connectivity index (χ2v) is 6.70. The van der Waals surface area contributed by atoms with E-state index in [1.165, 1.54) is 0 Å². The molecule has 0 aliphatic heterocycles. The molecule has 1 N–H and O–H groups in total. The molecule has 4 aromatic rings. The minimum absolute atomic E-state index is 0.0154. The number of hydrogen-bond donors (Lipinski definition) is 1. The maximum atomic E-state index is 12.4. The first-order chi connectivity index (χ1) is 13.6. The van der Waals surface area contributed by atoms with Gasteiger partial charge in [-0.3, -0.25) is 4.79 Å². The van der Waals surface area contributed by atoms with Crippen molar-refractivity contribution < 1.29 is 9.21 Å². The van der Waals surface area contributed by atoms with Crippen molar-refractivity contribution in [2.24, 2.45) is 0 Å². The van der Waals surface area contributed by atoms with Crippen LogP contribution in [-0.4, -0.2) is 17.9 Å². The number of nitrogens with zero attached hydrogens (tertiary/aromatic N) is 2. The average molecular weight is 371 g/mol. The molecule has 0 saturated heterocycles. The maximum absolute atomic E-state index is 12.4. The molecule has 0 spiro atoms. The van der Waals surface area contributed by atoms with Crippen molar-refractivity contribution in [2.45, 2.75) is 13.0 Å². The molecule has 1 aromatic heterocycles. The Labute approximate surface area is 163 Å². The zero-order chi connectivity index (χ0) is 19.5. The molecule has 5 heteroatoms. The van der Waals surface area contributed by atoms with Crippen LogP contribution in [0.2, 0.25) is 0 Å². The quantitative estimate of drug-likeness (QED) is 0.519. The number of fused-ring (bicyclic) bond motifs is 1. The van der Waals surface area contributed by atoms with Gasteiger partial charge in [-0.05, 0) is 48.9 Å². The van der Waals surface area contributed by atoms with E-state index in [1.807, 2.05) is 78.7 Å². The third kappa shape index (κ3) is 3.60. The average Bonchev–Trinajstić information content (AvgIpc) is 3.18. The van der Waals surface area contributed by atoms with Gasteiger partial charge in [0.25, 0.3) is 11.9 Å². The minimum Gasteiger partial charge on any atom is -0.423 e. The van der Waals surface area contributed by atoms with Gasteiger partial charge in [0.1, 0.15) is 5.52 Å². The highest BCUT2D eigenvalue weighted by molar-refractivity contribution is 6.04. The van der Waals surface area contributed by atoms with Gasteiger partial charge in [0, 0.05) is 18.3 Å². The van der Waals surface area contributed by atoms with Crippen molar-refractivity contribution in [1.29, 1.82) is 0 Å². The molecule has 0 fully saturated rings. The number of amides is 1. The van der Waals surface area contributed by atoms with Crippen molar-refractivity contribution in [3.05, 3.63) is 90.0 Å². The Bertz CT molecular complexity index is 1070. The monoisotopic (exact) mass is 371 g/mol.